The lowest BCUT2D eigenvalue weighted by Crippen LogP contribution is -2.29. The van der Waals surface area contributed by atoms with Crippen LogP contribution in [0.15, 0.2) is 12.1 Å². The molecule has 0 aliphatic carbocycles. The standard InChI is InChI=1S/C15H24N2O4/c1-10(17-14(18)6-7-16-2)11-8-12(19-3)15(21-5)13(9-11)20-4/h8-10,16H,6-7H2,1-5H3,(H,17,18). The van der Waals surface area contributed by atoms with E-state index in [1.807, 2.05) is 26.1 Å². The molecule has 1 atom stereocenters. The minimum absolute atomic E-state index is 0.00870. The van der Waals surface area contributed by atoms with Crippen molar-refractivity contribution in [3.63, 3.8) is 0 Å². The molecule has 1 unspecified atom stereocenters. The summed E-state index contributed by atoms with van der Waals surface area (Å²) in [5.41, 5.74) is 0.891. The molecule has 6 nitrogen and oxygen atoms in total. The van der Waals surface area contributed by atoms with Gasteiger partial charge in [0.2, 0.25) is 11.7 Å². The Balaban J connectivity index is 2.94. The third-order valence-corrected chi connectivity index (χ3v) is 3.17. The summed E-state index contributed by atoms with van der Waals surface area (Å²) in [5, 5.41) is 5.89. The Hall–Kier alpha value is -1.95. The van der Waals surface area contributed by atoms with Gasteiger partial charge in [0.15, 0.2) is 11.5 Å². The molecule has 0 spiro atoms. The van der Waals surface area contributed by atoms with Crippen molar-refractivity contribution in [2.45, 2.75) is 19.4 Å². The highest BCUT2D eigenvalue weighted by molar-refractivity contribution is 5.76. The SMILES string of the molecule is CNCCC(=O)NC(C)c1cc(OC)c(OC)c(OC)c1. The van der Waals surface area contributed by atoms with Crippen molar-refractivity contribution >= 4 is 5.91 Å². The summed E-state index contributed by atoms with van der Waals surface area (Å²) < 4.78 is 15.9. The summed E-state index contributed by atoms with van der Waals surface area (Å²) in [7, 11) is 6.51. The van der Waals surface area contributed by atoms with Crippen LogP contribution < -0.4 is 24.8 Å². The summed E-state index contributed by atoms with van der Waals surface area (Å²) in [6.07, 6.45) is 0.436. The Morgan fingerprint density at radius 1 is 1.14 bits per heavy atom. The van der Waals surface area contributed by atoms with Crippen molar-refractivity contribution in [1.82, 2.24) is 10.6 Å². The molecule has 0 bridgehead atoms. The van der Waals surface area contributed by atoms with E-state index in [1.54, 1.807) is 21.3 Å². The first-order chi connectivity index (χ1) is 10.1. The topological polar surface area (TPSA) is 68.8 Å². The van der Waals surface area contributed by atoms with E-state index in [0.717, 1.165) is 5.56 Å². The van der Waals surface area contributed by atoms with Crippen LogP contribution in [0.5, 0.6) is 17.2 Å². The van der Waals surface area contributed by atoms with Crippen molar-refractivity contribution in [1.29, 1.82) is 0 Å². The monoisotopic (exact) mass is 296 g/mol. The van der Waals surface area contributed by atoms with Crippen LogP contribution in [0.25, 0.3) is 0 Å². The van der Waals surface area contributed by atoms with E-state index in [4.69, 9.17) is 14.2 Å². The fraction of sp³-hybridized carbons (Fsp3) is 0.533. The normalized spacial score (nSPS) is 11.7. The van der Waals surface area contributed by atoms with Gasteiger partial charge in [-0.15, -0.1) is 0 Å². The Kier molecular flexibility index (Phi) is 6.81. The third kappa shape index (κ3) is 4.53. The summed E-state index contributed by atoms with van der Waals surface area (Å²) in [6, 6.07) is 3.53. The van der Waals surface area contributed by atoms with Gasteiger partial charge < -0.3 is 24.8 Å². The minimum Gasteiger partial charge on any atom is -0.493 e. The van der Waals surface area contributed by atoms with Crippen LogP contribution in [0, 0.1) is 0 Å². The zero-order chi connectivity index (χ0) is 15.8. The van der Waals surface area contributed by atoms with E-state index < -0.39 is 0 Å². The maximum Gasteiger partial charge on any atom is 0.221 e. The van der Waals surface area contributed by atoms with E-state index in [2.05, 4.69) is 10.6 Å². The zero-order valence-electron chi connectivity index (χ0n) is 13.3. The van der Waals surface area contributed by atoms with Gasteiger partial charge in [-0.1, -0.05) is 0 Å². The van der Waals surface area contributed by atoms with Crippen molar-refractivity contribution < 1.29 is 19.0 Å². The minimum atomic E-state index is -0.150. The number of nitrogens with one attached hydrogen (secondary N) is 2. The second-order valence-corrected chi connectivity index (χ2v) is 4.60. The molecule has 0 aliphatic rings. The van der Waals surface area contributed by atoms with Gasteiger partial charge in [-0.3, -0.25) is 4.79 Å². The van der Waals surface area contributed by atoms with E-state index in [1.165, 1.54) is 0 Å². The largest absolute Gasteiger partial charge is 0.493 e. The molecule has 1 amide bonds. The van der Waals surface area contributed by atoms with Crippen molar-refractivity contribution in [3.05, 3.63) is 17.7 Å². The predicted octanol–water partition coefficient (Wildman–Crippen LogP) is 1.50. The van der Waals surface area contributed by atoms with Gasteiger partial charge in [0, 0.05) is 13.0 Å². The Morgan fingerprint density at radius 2 is 1.71 bits per heavy atom. The van der Waals surface area contributed by atoms with Gasteiger partial charge in [-0.2, -0.15) is 0 Å². The second kappa shape index (κ2) is 8.36. The average molecular weight is 296 g/mol. The summed E-state index contributed by atoms with van der Waals surface area (Å²) in [4.78, 5) is 11.8. The predicted molar refractivity (Wildman–Crippen MR) is 81.2 cm³/mol. The fourth-order valence-corrected chi connectivity index (χ4v) is 1.99. The van der Waals surface area contributed by atoms with Gasteiger partial charge in [-0.05, 0) is 31.7 Å². The van der Waals surface area contributed by atoms with E-state index in [9.17, 15) is 4.79 Å². The molecule has 0 saturated heterocycles. The Bertz CT molecular complexity index is 452. The number of benzene rings is 1. The molecule has 21 heavy (non-hydrogen) atoms. The molecule has 1 rings (SSSR count). The first kappa shape index (κ1) is 17.1. The number of carbonyl (C=O) groups is 1. The van der Waals surface area contributed by atoms with E-state index in [-0.39, 0.29) is 11.9 Å². The average Bonchev–Trinajstić information content (AvgIpc) is 2.51. The number of carbonyl (C=O) groups excluding carboxylic acids is 1. The van der Waals surface area contributed by atoms with Crippen LogP contribution in [-0.4, -0.2) is 40.8 Å². The highest BCUT2D eigenvalue weighted by Gasteiger charge is 2.17. The fourth-order valence-electron chi connectivity index (χ4n) is 1.99. The van der Waals surface area contributed by atoms with Crippen LogP contribution in [-0.2, 0) is 4.79 Å². The van der Waals surface area contributed by atoms with E-state index in [0.29, 0.717) is 30.2 Å². The van der Waals surface area contributed by atoms with Crippen LogP contribution >= 0.6 is 0 Å². The molecule has 1 aromatic rings. The molecule has 1 aromatic carbocycles. The van der Waals surface area contributed by atoms with Crippen molar-refractivity contribution in [2.24, 2.45) is 0 Å². The first-order valence-corrected chi connectivity index (χ1v) is 6.81. The second-order valence-electron chi connectivity index (χ2n) is 4.60. The van der Waals surface area contributed by atoms with Gasteiger partial charge in [-0.25, -0.2) is 0 Å². The lowest BCUT2D eigenvalue weighted by molar-refractivity contribution is -0.121. The van der Waals surface area contributed by atoms with Crippen molar-refractivity contribution in [3.8, 4) is 17.2 Å². The molecule has 0 heterocycles. The highest BCUT2D eigenvalue weighted by Crippen LogP contribution is 2.39. The molecule has 118 valence electrons. The number of amides is 1. The lowest BCUT2D eigenvalue weighted by Gasteiger charge is -2.18. The van der Waals surface area contributed by atoms with Crippen LogP contribution in [0.4, 0.5) is 0 Å². The van der Waals surface area contributed by atoms with Gasteiger partial charge in [0.05, 0.1) is 27.4 Å². The number of methoxy groups -OCH3 is 3. The molecule has 6 heteroatoms. The molecule has 0 radical (unpaired) electrons. The highest BCUT2D eigenvalue weighted by atomic mass is 16.5. The molecule has 0 saturated carbocycles. The summed E-state index contributed by atoms with van der Waals surface area (Å²) in [6.45, 7) is 2.56. The van der Waals surface area contributed by atoms with Crippen LogP contribution in [0.2, 0.25) is 0 Å². The molecule has 2 N–H and O–H groups in total. The number of hydrogen-bond donors (Lipinski definition) is 2. The zero-order valence-corrected chi connectivity index (χ0v) is 13.3. The van der Waals surface area contributed by atoms with Crippen LogP contribution in [0.1, 0.15) is 24.9 Å². The maximum absolute atomic E-state index is 11.8. The smallest absolute Gasteiger partial charge is 0.221 e. The van der Waals surface area contributed by atoms with Crippen molar-refractivity contribution in [2.75, 3.05) is 34.9 Å². The first-order valence-electron chi connectivity index (χ1n) is 6.81. The molecule has 0 aliphatic heterocycles. The third-order valence-electron chi connectivity index (χ3n) is 3.17. The molecule has 0 fully saturated rings. The Morgan fingerprint density at radius 3 is 2.14 bits per heavy atom. The van der Waals surface area contributed by atoms with Crippen LogP contribution in [0.3, 0.4) is 0 Å². The molecular formula is C15H24N2O4. The molecular weight excluding hydrogens is 272 g/mol. The lowest BCUT2D eigenvalue weighted by atomic mass is 10.1. The van der Waals surface area contributed by atoms with E-state index >= 15 is 0 Å². The maximum atomic E-state index is 11.8. The molecule has 0 aromatic heterocycles. The quantitative estimate of drug-likeness (QED) is 0.761. The van der Waals surface area contributed by atoms with Gasteiger partial charge >= 0.3 is 0 Å². The summed E-state index contributed by atoms with van der Waals surface area (Å²) in [5.74, 6) is 1.68. The number of rotatable bonds is 8. The number of hydrogen-bond acceptors (Lipinski definition) is 5. The number of ether oxygens (including phenoxy) is 3. The summed E-state index contributed by atoms with van der Waals surface area (Å²) >= 11 is 0. The Labute approximate surface area is 125 Å². The van der Waals surface area contributed by atoms with Gasteiger partial charge in [0.1, 0.15) is 0 Å². The van der Waals surface area contributed by atoms with Gasteiger partial charge in [0.25, 0.3) is 0 Å².